The normalized spacial score (nSPS) is 14.5. The van der Waals surface area contributed by atoms with Crippen LogP contribution in [-0.4, -0.2) is 29.8 Å². The molecule has 2 N–H and O–H groups in total. The van der Waals surface area contributed by atoms with Gasteiger partial charge in [0, 0.05) is 24.7 Å². The molecule has 0 unspecified atom stereocenters. The number of guanidine groups is 1. The Bertz CT molecular complexity index is 981. The van der Waals surface area contributed by atoms with Crippen LogP contribution in [0.1, 0.15) is 17.5 Å². The number of hydrogen-bond acceptors (Lipinski definition) is 4. The maximum Gasteiger partial charge on any atom is 0.286 e. The molecular formula is C20H23N6+. The van der Waals surface area contributed by atoms with Gasteiger partial charge in [0.2, 0.25) is 5.96 Å². The summed E-state index contributed by atoms with van der Waals surface area (Å²) in [4.78, 5) is 4.33. The van der Waals surface area contributed by atoms with Crippen molar-refractivity contribution in [3.63, 3.8) is 0 Å². The maximum atomic E-state index is 4.33. The molecule has 1 aliphatic rings. The number of imidazole rings is 1. The van der Waals surface area contributed by atoms with Gasteiger partial charge in [0.1, 0.15) is 6.20 Å². The van der Waals surface area contributed by atoms with Crippen LogP contribution in [0.5, 0.6) is 0 Å². The number of hydrazone groups is 1. The molecule has 4 rings (SSSR count). The summed E-state index contributed by atoms with van der Waals surface area (Å²) in [5.74, 6) is 0.743. The zero-order valence-electron chi connectivity index (χ0n) is 15.1. The van der Waals surface area contributed by atoms with Crippen molar-refractivity contribution in [3.8, 4) is 11.3 Å². The molecule has 0 saturated heterocycles. The molecule has 0 spiro atoms. The highest BCUT2D eigenvalue weighted by Gasteiger charge is 2.15. The molecule has 3 heterocycles. The van der Waals surface area contributed by atoms with E-state index in [1.807, 2.05) is 6.21 Å². The number of rotatable bonds is 3. The van der Waals surface area contributed by atoms with Crippen molar-refractivity contribution in [1.29, 1.82) is 0 Å². The lowest BCUT2D eigenvalue weighted by Gasteiger charge is -2.12. The van der Waals surface area contributed by atoms with Crippen molar-refractivity contribution >= 4 is 17.8 Å². The Morgan fingerprint density at radius 2 is 2.04 bits per heavy atom. The Labute approximate surface area is 152 Å². The summed E-state index contributed by atoms with van der Waals surface area (Å²) in [6, 6.07) is 12.7. The largest absolute Gasteiger partial charge is 0.355 e. The van der Waals surface area contributed by atoms with Gasteiger partial charge in [0.05, 0.1) is 19.5 Å². The second-order valence-corrected chi connectivity index (χ2v) is 6.55. The van der Waals surface area contributed by atoms with Crippen LogP contribution in [0.3, 0.4) is 0 Å². The third kappa shape index (κ3) is 3.31. The summed E-state index contributed by atoms with van der Waals surface area (Å²) < 4.78 is 4.37. The molecule has 1 aromatic carbocycles. The number of nitrogens with zero attached hydrogens (tertiary/aromatic N) is 4. The Morgan fingerprint density at radius 3 is 2.81 bits per heavy atom. The molecule has 6 nitrogen and oxygen atoms in total. The van der Waals surface area contributed by atoms with Crippen molar-refractivity contribution in [2.24, 2.45) is 17.1 Å². The number of benzene rings is 1. The van der Waals surface area contributed by atoms with E-state index < -0.39 is 0 Å². The fraction of sp³-hybridized carbons (Fsp3) is 0.250. The summed E-state index contributed by atoms with van der Waals surface area (Å²) in [7, 11) is 2.09. The fourth-order valence-electron chi connectivity index (χ4n) is 3.13. The van der Waals surface area contributed by atoms with Crippen LogP contribution in [0, 0.1) is 6.92 Å². The van der Waals surface area contributed by atoms with E-state index in [0.29, 0.717) is 0 Å². The summed E-state index contributed by atoms with van der Waals surface area (Å²) in [5.41, 5.74) is 8.76. The summed E-state index contributed by atoms with van der Waals surface area (Å²) >= 11 is 0. The van der Waals surface area contributed by atoms with Crippen LogP contribution in [-0.2, 0) is 7.05 Å². The van der Waals surface area contributed by atoms with E-state index >= 15 is 0 Å². The van der Waals surface area contributed by atoms with Gasteiger partial charge in [-0.15, -0.1) is 0 Å². The minimum absolute atomic E-state index is 0.743. The quantitative estimate of drug-likeness (QED) is 0.433. The number of aliphatic imine (C=N–C) groups is 1. The highest BCUT2D eigenvalue weighted by atomic mass is 15.4. The number of aromatic nitrogens is 2. The average Bonchev–Trinajstić information content (AvgIpc) is 2.99. The topological polar surface area (TPSA) is 57.8 Å². The number of aryl methyl sites for hydroxylation is 2. The number of hydrogen-bond donors (Lipinski definition) is 2. The van der Waals surface area contributed by atoms with Crippen LogP contribution in [0.2, 0.25) is 0 Å². The first-order valence-electron chi connectivity index (χ1n) is 8.86. The second-order valence-electron chi connectivity index (χ2n) is 6.55. The van der Waals surface area contributed by atoms with Gasteiger partial charge < -0.3 is 5.32 Å². The Morgan fingerprint density at radius 1 is 1.19 bits per heavy atom. The lowest BCUT2D eigenvalue weighted by molar-refractivity contribution is -0.510. The van der Waals surface area contributed by atoms with Crippen LogP contribution in [0.25, 0.3) is 16.9 Å². The molecule has 132 valence electrons. The molecule has 0 aliphatic carbocycles. The highest BCUT2D eigenvalue weighted by molar-refractivity contribution is 5.84. The first-order valence-corrected chi connectivity index (χ1v) is 8.86. The zero-order chi connectivity index (χ0) is 17.9. The molecule has 0 saturated carbocycles. The smallest absolute Gasteiger partial charge is 0.286 e. The van der Waals surface area contributed by atoms with Gasteiger partial charge in [-0.05, 0) is 42.7 Å². The zero-order valence-corrected chi connectivity index (χ0v) is 15.1. The predicted octanol–water partition coefficient (Wildman–Crippen LogP) is 2.01. The second kappa shape index (κ2) is 7.00. The van der Waals surface area contributed by atoms with Gasteiger partial charge in [-0.1, -0.05) is 12.1 Å². The van der Waals surface area contributed by atoms with E-state index in [0.717, 1.165) is 31.0 Å². The minimum Gasteiger partial charge on any atom is -0.355 e. The van der Waals surface area contributed by atoms with E-state index in [-0.39, 0.29) is 0 Å². The van der Waals surface area contributed by atoms with Gasteiger partial charge in [-0.25, -0.2) is 14.4 Å². The van der Waals surface area contributed by atoms with E-state index in [2.05, 4.69) is 92.6 Å². The highest BCUT2D eigenvalue weighted by Crippen LogP contribution is 2.20. The Hall–Kier alpha value is -3.15. The predicted molar refractivity (Wildman–Crippen MR) is 104 cm³/mol. The molecule has 3 aromatic rings. The molecule has 0 radical (unpaired) electrons. The van der Waals surface area contributed by atoms with E-state index in [1.54, 1.807) is 0 Å². The minimum atomic E-state index is 0.743. The van der Waals surface area contributed by atoms with Crippen LogP contribution < -0.4 is 15.1 Å². The molecule has 0 fully saturated rings. The third-order valence-corrected chi connectivity index (χ3v) is 4.56. The lowest BCUT2D eigenvalue weighted by Crippen LogP contribution is -2.38. The van der Waals surface area contributed by atoms with E-state index in [4.69, 9.17) is 0 Å². The van der Waals surface area contributed by atoms with E-state index in [1.165, 1.54) is 22.5 Å². The number of fused-ring (bicyclic) bond motifs is 1. The molecule has 0 atom stereocenters. The maximum absolute atomic E-state index is 4.33. The third-order valence-electron chi connectivity index (χ3n) is 4.56. The standard InChI is InChI=1S/C20H23N6/c1-15-4-9-19-25(2)18(14-26(19)13-15)17-7-5-16(6-8-17)12-23-24-20-21-10-3-11-22-20/h4-9,12-14H,3,10-11H2,1-2H3,(H2,21,22,24)/q+1/b23-12+. The van der Waals surface area contributed by atoms with Gasteiger partial charge in [0.25, 0.3) is 5.65 Å². The van der Waals surface area contributed by atoms with Gasteiger partial charge >= 0.3 is 0 Å². The molecule has 1 aliphatic heterocycles. The van der Waals surface area contributed by atoms with Crippen molar-refractivity contribution in [2.45, 2.75) is 13.3 Å². The molecule has 6 heteroatoms. The van der Waals surface area contributed by atoms with Gasteiger partial charge in [-0.3, -0.25) is 4.99 Å². The first-order chi connectivity index (χ1) is 12.7. The van der Waals surface area contributed by atoms with Crippen LogP contribution >= 0.6 is 0 Å². The molecular weight excluding hydrogens is 324 g/mol. The van der Waals surface area contributed by atoms with Crippen molar-refractivity contribution in [2.75, 3.05) is 13.1 Å². The molecule has 0 bridgehead atoms. The van der Waals surface area contributed by atoms with Crippen molar-refractivity contribution in [3.05, 3.63) is 59.9 Å². The monoisotopic (exact) mass is 347 g/mol. The van der Waals surface area contributed by atoms with Crippen LogP contribution in [0.15, 0.2) is 58.9 Å². The van der Waals surface area contributed by atoms with E-state index in [9.17, 15) is 0 Å². The summed E-state index contributed by atoms with van der Waals surface area (Å²) in [5, 5.41) is 7.43. The fourth-order valence-corrected chi connectivity index (χ4v) is 3.13. The Kier molecular flexibility index (Phi) is 4.39. The summed E-state index contributed by atoms with van der Waals surface area (Å²) in [6.07, 6.45) is 7.19. The number of nitrogens with one attached hydrogen (secondary N) is 2. The van der Waals surface area contributed by atoms with Crippen molar-refractivity contribution < 1.29 is 4.40 Å². The molecule has 2 aromatic heterocycles. The SMILES string of the molecule is Cc1ccc2n(C)c(-c3ccc(/C=N/NC4=NCCCN4)cc3)c[n+]2c1. The summed E-state index contributed by atoms with van der Waals surface area (Å²) in [6.45, 7) is 3.90. The Balaban J connectivity index is 1.52. The number of pyridine rings is 1. The average molecular weight is 347 g/mol. The van der Waals surface area contributed by atoms with Gasteiger partial charge in [0.15, 0.2) is 5.69 Å². The van der Waals surface area contributed by atoms with Crippen molar-refractivity contribution in [1.82, 2.24) is 15.3 Å². The lowest BCUT2D eigenvalue weighted by atomic mass is 10.1. The first kappa shape index (κ1) is 16.3. The molecule has 0 amide bonds. The van der Waals surface area contributed by atoms with Crippen LogP contribution in [0.4, 0.5) is 0 Å². The molecule has 26 heavy (non-hydrogen) atoms. The van der Waals surface area contributed by atoms with Gasteiger partial charge in [-0.2, -0.15) is 5.10 Å².